The Morgan fingerprint density at radius 3 is 2.69 bits per heavy atom. The lowest BCUT2D eigenvalue weighted by Gasteiger charge is -2.50. The predicted octanol–water partition coefficient (Wildman–Crippen LogP) is 2.48. The van der Waals surface area contributed by atoms with Gasteiger partial charge in [-0.15, -0.1) is 0 Å². The lowest BCUT2D eigenvalue weighted by atomic mass is 9.92. The molecule has 0 aromatic carbocycles. The first-order valence-corrected chi connectivity index (χ1v) is 11.3. The molecule has 0 amide bonds. The van der Waals surface area contributed by atoms with Crippen LogP contribution in [0.3, 0.4) is 0 Å². The molecule has 5 heterocycles. The maximum atomic E-state index is 13.2. The molecule has 2 aliphatic rings. The average Bonchev–Trinajstić information content (AvgIpc) is 3.51. The summed E-state index contributed by atoms with van der Waals surface area (Å²) in [6.45, 7) is 6.10. The standard InChI is InChI=1S/C23H25F3N8O/c1-14-12-33(15(2)21(32(14)7-8-35)16-3-5-27-9-16)19-4-6-28-22(31-19)17-10-30-20-11-29-18(13-34(17)20)23(24,25)26/h3-4,6,9-11,13-15,21,35H,5,7-8,12H2,1-2H3. The Balaban J connectivity index is 1.52. The van der Waals surface area contributed by atoms with Crippen molar-refractivity contribution < 1.29 is 18.3 Å². The summed E-state index contributed by atoms with van der Waals surface area (Å²) < 4.78 is 41.0. The predicted molar refractivity (Wildman–Crippen MR) is 124 cm³/mol. The van der Waals surface area contributed by atoms with Crippen LogP contribution < -0.4 is 4.90 Å². The van der Waals surface area contributed by atoms with E-state index in [9.17, 15) is 18.3 Å². The second-order valence-electron chi connectivity index (χ2n) is 8.73. The first-order chi connectivity index (χ1) is 16.8. The highest BCUT2D eigenvalue weighted by Crippen LogP contribution is 2.32. The van der Waals surface area contributed by atoms with Crippen LogP contribution in [0.15, 0.2) is 47.5 Å². The van der Waals surface area contributed by atoms with Crippen LogP contribution in [0, 0.1) is 0 Å². The third-order valence-electron chi connectivity index (χ3n) is 6.56. The molecule has 35 heavy (non-hydrogen) atoms. The number of nitrogens with zero attached hydrogens (tertiary/aromatic N) is 8. The summed E-state index contributed by atoms with van der Waals surface area (Å²) in [5.74, 6) is 0.934. The van der Waals surface area contributed by atoms with Gasteiger partial charge in [-0.2, -0.15) is 13.2 Å². The Bertz CT molecular complexity index is 1290. The van der Waals surface area contributed by atoms with E-state index < -0.39 is 11.9 Å². The van der Waals surface area contributed by atoms with Crippen molar-refractivity contribution in [2.75, 3.05) is 31.1 Å². The topological polar surface area (TPSA) is 95.0 Å². The van der Waals surface area contributed by atoms with Gasteiger partial charge in [-0.25, -0.2) is 19.9 Å². The molecule has 1 saturated heterocycles. The van der Waals surface area contributed by atoms with Crippen LogP contribution >= 0.6 is 0 Å². The van der Waals surface area contributed by atoms with Crippen LogP contribution in [0.25, 0.3) is 17.2 Å². The molecule has 5 rings (SSSR count). The maximum absolute atomic E-state index is 13.2. The molecular weight excluding hydrogens is 461 g/mol. The van der Waals surface area contributed by atoms with Gasteiger partial charge in [0.05, 0.1) is 31.6 Å². The highest BCUT2D eigenvalue weighted by molar-refractivity contribution is 5.83. The fraction of sp³-hybridized carbons (Fsp3) is 0.435. The van der Waals surface area contributed by atoms with Crippen molar-refractivity contribution in [2.24, 2.45) is 4.99 Å². The Labute approximate surface area is 199 Å². The number of anilines is 1. The SMILES string of the molecule is CC1C(C2=CCN=C2)N(CCO)C(C)CN1c1ccnc(-c2cnc3cnc(C(F)(F)F)cn23)n1. The zero-order valence-electron chi connectivity index (χ0n) is 19.3. The van der Waals surface area contributed by atoms with E-state index in [4.69, 9.17) is 4.98 Å². The van der Waals surface area contributed by atoms with Gasteiger partial charge >= 0.3 is 6.18 Å². The van der Waals surface area contributed by atoms with Crippen LogP contribution in [-0.2, 0) is 6.18 Å². The Morgan fingerprint density at radius 2 is 1.97 bits per heavy atom. The summed E-state index contributed by atoms with van der Waals surface area (Å²) in [4.78, 5) is 25.5. The van der Waals surface area contributed by atoms with Crippen LogP contribution in [0.5, 0.6) is 0 Å². The summed E-state index contributed by atoms with van der Waals surface area (Å²) in [5.41, 5.74) is 0.702. The summed E-state index contributed by atoms with van der Waals surface area (Å²) in [5, 5.41) is 9.65. The van der Waals surface area contributed by atoms with Crippen molar-refractivity contribution >= 4 is 17.7 Å². The van der Waals surface area contributed by atoms with Gasteiger partial charge in [0, 0.05) is 43.8 Å². The minimum Gasteiger partial charge on any atom is -0.395 e. The molecule has 1 N–H and O–H groups in total. The number of aliphatic imine (C=N–C) groups is 1. The number of piperazine rings is 1. The van der Waals surface area contributed by atoms with Gasteiger partial charge in [0.2, 0.25) is 0 Å². The van der Waals surface area contributed by atoms with Crippen LogP contribution in [0.4, 0.5) is 19.0 Å². The van der Waals surface area contributed by atoms with Gasteiger partial charge in [-0.05, 0) is 25.5 Å². The molecule has 3 unspecified atom stereocenters. The van der Waals surface area contributed by atoms with E-state index in [0.29, 0.717) is 31.1 Å². The Hall–Kier alpha value is -3.38. The third kappa shape index (κ3) is 4.27. The first kappa shape index (κ1) is 23.4. The number of halogens is 3. The van der Waals surface area contributed by atoms with Crippen molar-refractivity contribution in [3.8, 4) is 11.5 Å². The second-order valence-corrected chi connectivity index (χ2v) is 8.73. The number of aliphatic hydroxyl groups is 1. The van der Waals surface area contributed by atoms with E-state index in [1.165, 1.54) is 10.6 Å². The van der Waals surface area contributed by atoms with Gasteiger partial charge in [-0.1, -0.05) is 6.08 Å². The fourth-order valence-electron chi connectivity index (χ4n) is 4.92. The number of fused-ring (bicyclic) bond motifs is 1. The molecule has 1 fully saturated rings. The smallest absolute Gasteiger partial charge is 0.395 e. The molecule has 3 aromatic heterocycles. The number of alkyl halides is 3. The van der Waals surface area contributed by atoms with E-state index in [1.54, 1.807) is 12.3 Å². The Morgan fingerprint density at radius 1 is 1.14 bits per heavy atom. The van der Waals surface area contributed by atoms with Crippen molar-refractivity contribution in [2.45, 2.75) is 38.1 Å². The zero-order valence-corrected chi connectivity index (χ0v) is 19.3. The Kier molecular flexibility index (Phi) is 6.01. The zero-order chi connectivity index (χ0) is 24.7. The molecule has 0 bridgehead atoms. The van der Waals surface area contributed by atoms with Gasteiger partial charge in [0.1, 0.15) is 11.5 Å². The third-order valence-corrected chi connectivity index (χ3v) is 6.56. The van der Waals surface area contributed by atoms with E-state index in [-0.39, 0.29) is 36.2 Å². The van der Waals surface area contributed by atoms with E-state index >= 15 is 0 Å². The summed E-state index contributed by atoms with van der Waals surface area (Å²) in [6.07, 6.45) is 4.45. The van der Waals surface area contributed by atoms with Crippen molar-refractivity contribution in [3.63, 3.8) is 0 Å². The van der Waals surface area contributed by atoms with Gasteiger partial charge in [0.15, 0.2) is 17.2 Å². The molecule has 3 aromatic rings. The highest BCUT2D eigenvalue weighted by Gasteiger charge is 2.40. The van der Waals surface area contributed by atoms with Crippen molar-refractivity contribution in [1.82, 2.24) is 29.2 Å². The fourth-order valence-corrected chi connectivity index (χ4v) is 4.92. The number of rotatable bonds is 5. The number of hydrogen-bond donors (Lipinski definition) is 1. The van der Waals surface area contributed by atoms with Gasteiger partial charge < -0.3 is 10.0 Å². The molecule has 0 saturated carbocycles. The molecule has 0 spiro atoms. The number of hydrogen-bond acceptors (Lipinski definition) is 8. The quantitative estimate of drug-likeness (QED) is 0.592. The average molecular weight is 487 g/mol. The number of β-amino-alcohol motifs (C(OH)–C–C–N with tert-alkyl or cyclic N) is 1. The van der Waals surface area contributed by atoms with Crippen molar-refractivity contribution in [1.29, 1.82) is 0 Å². The van der Waals surface area contributed by atoms with Gasteiger partial charge in [-0.3, -0.25) is 14.3 Å². The maximum Gasteiger partial charge on any atom is 0.434 e. The number of aliphatic hydroxyl groups excluding tert-OH is 1. The van der Waals surface area contributed by atoms with Crippen LogP contribution in [0.1, 0.15) is 19.5 Å². The van der Waals surface area contributed by atoms with E-state index in [1.807, 2.05) is 6.21 Å². The van der Waals surface area contributed by atoms with Crippen LogP contribution in [0.2, 0.25) is 0 Å². The highest BCUT2D eigenvalue weighted by atomic mass is 19.4. The van der Waals surface area contributed by atoms with E-state index in [2.05, 4.69) is 49.7 Å². The largest absolute Gasteiger partial charge is 0.434 e. The minimum absolute atomic E-state index is 0.000448. The lowest BCUT2D eigenvalue weighted by molar-refractivity contribution is -0.141. The second kappa shape index (κ2) is 9.00. The molecule has 9 nitrogen and oxygen atoms in total. The summed E-state index contributed by atoms with van der Waals surface area (Å²) in [6, 6.07) is 1.92. The molecule has 3 atom stereocenters. The number of imidazole rings is 1. The molecule has 184 valence electrons. The van der Waals surface area contributed by atoms with Crippen molar-refractivity contribution in [3.05, 3.63) is 48.2 Å². The first-order valence-electron chi connectivity index (χ1n) is 11.3. The molecule has 12 heteroatoms. The molecular formula is C23H25F3N8O. The van der Waals surface area contributed by atoms with Gasteiger partial charge in [0.25, 0.3) is 0 Å². The monoisotopic (exact) mass is 486 g/mol. The number of aromatic nitrogens is 5. The summed E-state index contributed by atoms with van der Waals surface area (Å²) >= 11 is 0. The normalized spacial score (nSPS) is 23.3. The summed E-state index contributed by atoms with van der Waals surface area (Å²) in [7, 11) is 0. The van der Waals surface area contributed by atoms with E-state index in [0.717, 1.165) is 18.0 Å². The molecule has 2 aliphatic heterocycles. The lowest BCUT2D eigenvalue weighted by Crippen LogP contribution is -2.63. The molecule has 0 radical (unpaired) electrons. The van der Waals surface area contributed by atoms with Crippen LogP contribution in [-0.4, -0.2) is 84.9 Å². The molecule has 0 aliphatic carbocycles. The minimum atomic E-state index is -4.58.